The van der Waals surface area contributed by atoms with E-state index in [1.807, 2.05) is 24.0 Å². The Morgan fingerprint density at radius 1 is 1.26 bits per heavy atom. The zero-order valence-corrected chi connectivity index (χ0v) is 12.4. The summed E-state index contributed by atoms with van der Waals surface area (Å²) in [6.07, 6.45) is 6.62. The van der Waals surface area contributed by atoms with Crippen molar-refractivity contribution in [3.05, 3.63) is 35.0 Å². The predicted molar refractivity (Wildman–Crippen MR) is 81.8 cm³/mol. The number of hydrogen-bond donors (Lipinski definition) is 2. The van der Waals surface area contributed by atoms with E-state index >= 15 is 0 Å². The molecule has 2 heterocycles. The minimum absolute atomic E-state index is 0.195. The summed E-state index contributed by atoms with van der Waals surface area (Å²) in [6.45, 7) is 7.35. The average molecular weight is 276 g/mol. The molecule has 5 heteroatoms. The Bertz CT molecular complexity index is 508. The lowest BCUT2D eigenvalue weighted by atomic mass is 10.1. The molecule has 0 aromatic carbocycles. The average Bonchev–Trinajstić information content (AvgIpc) is 2.91. The third-order valence-electron chi connectivity index (χ3n) is 2.74. The zero-order valence-electron chi connectivity index (χ0n) is 11.6. The van der Waals surface area contributed by atoms with E-state index in [9.17, 15) is 0 Å². The third-order valence-corrected chi connectivity index (χ3v) is 3.84. The number of nitrogens with zero attached hydrogens (tertiary/aromatic N) is 2. The van der Waals surface area contributed by atoms with Crippen molar-refractivity contribution in [2.45, 2.75) is 32.7 Å². The first-order chi connectivity index (χ1) is 9.12. The van der Waals surface area contributed by atoms with Crippen molar-refractivity contribution in [1.29, 1.82) is 0 Å². The van der Waals surface area contributed by atoms with Crippen molar-refractivity contribution in [3.8, 4) is 0 Å². The molecule has 0 unspecified atom stereocenters. The Balaban J connectivity index is 2.10. The standard InChI is InChI=1S/C14H20N4S/c1-4-5-16-11-8-12(10-15-9-11)18-14(2,3)13-17-6-7-19-13/h6-10,16,18H,4-5H2,1-3H3. The molecule has 0 aliphatic carbocycles. The van der Waals surface area contributed by atoms with Crippen LogP contribution in [0.5, 0.6) is 0 Å². The van der Waals surface area contributed by atoms with Crippen LogP contribution in [0, 0.1) is 0 Å². The van der Waals surface area contributed by atoms with Crippen molar-refractivity contribution in [2.24, 2.45) is 0 Å². The van der Waals surface area contributed by atoms with Gasteiger partial charge in [-0.3, -0.25) is 4.98 Å². The minimum atomic E-state index is -0.195. The molecule has 2 aromatic rings. The monoisotopic (exact) mass is 276 g/mol. The Morgan fingerprint density at radius 3 is 2.74 bits per heavy atom. The molecule has 4 nitrogen and oxygen atoms in total. The maximum absolute atomic E-state index is 4.38. The number of rotatable bonds is 6. The van der Waals surface area contributed by atoms with Crippen LogP contribution in [0.4, 0.5) is 11.4 Å². The van der Waals surface area contributed by atoms with E-state index in [1.165, 1.54) is 0 Å². The molecule has 0 spiro atoms. The Labute approximate surface area is 118 Å². The highest BCUT2D eigenvalue weighted by atomic mass is 32.1. The second kappa shape index (κ2) is 6.02. The summed E-state index contributed by atoms with van der Waals surface area (Å²) in [5.74, 6) is 0. The lowest BCUT2D eigenvalue weighted by Crippen LogP contribution is -2.27. The van der Waals surface area contributed by atoms with Gasteiger partial charge in [0.2, 0.25) is 0 Å². The maximum Gasteiger partial charge on any atom is 0.117 e. The second-order valence-corrected chi connectivity index (χ2v) is 5.87. The number of hydrogen-bond acceptors (Lipinski definition) is 5. The second-order valence-electron chi connectivity index (χ2n) is 4.98. The van der Waals surface area contributed by atoms with E-state index < -0.39 is 0 Å². The van der Waals surface area contributed by atoms with Crippen LogP contribution in [0.1, 0.15) is 32.2 Å². The molecule has 0 saturated heterocycles. The maximum atomic E-state index is 4.38. The lowest BCUT2D eigenvalue weighted by Gasteiger charge is -2.25. The lowest BCUT2D eigenvalue weighted by molar-refractivity contribution is 0.604. The van der Waals surface area contributed by atoms with Crippen LogP contribution in [0.3, 0.4) is 0 Å². The fraction of sp³-hybridized carbons (Fsp3) is 0.429. The summed E-state index contributed by atoms with van der Waals surface area (Å²) < 4.78 is 0. The summed E-state index contributed by atoms with van der Waals surface area (Å²) in [6, 6.07) is 2.08. The molecule has 0 aliphatic heterocycles. The van der Waals surface area contributed by atoms with Gasteiger partial charge in [0.25, 0.3) is 0 Å². The smallest absolute Gasteiger partial charge is 0.117 e. The molecular weight excluding hydrogens is 256 g/mol. The molecule has 19 heavy (non-hydrogen) atoms. The van der Waals surface area contributed by atoms with E-state index in [4.69, 9.17) is 0 Å². The van der Waals surface area contributed by atoms with Crippen LogP contribution >= 0.6 is 11.3 Å². The van der Waals surface area contributed by atoms with Crippen LogP contribution in [0.15, 0.2) is 30.0 Å². The molecule has 0 fully saturated rings. The van der Waals surface area contributed by atoms with Gasteiger partial charge in [-0.2, -0.15) is 0 Å². The predicted octanol–water partition coefficient (Wildman–Crippen LogP) is 3.71. The van der Waals surface area contributed by atoms with Gasteiger partial charge < -0.3 is 10.6 Å². The quantitative estimate of drug-likeness (QED) is 0.844. The van der Waals surface area contributed by atoms with Crippen molar-refractivity contribution >= 4 is 22.7 Å². The molecule has 0 atom stereocenters. The largest absolute Gasteiger partial charge is 0.384 e. The van der Waals surface area contributed by atoms with Crippen LogP contribution in [-0.2, 0) is 5.54 Å². The molecule has 2 N–H and O–H groups in total. The van der Waals surface area contributed by atoms with E-state index in [1.54, 1.807) is 11.3 Å². The molecule has 0 saturated carbocycles. The third kappa shape index (κ3) is 3.67. The highest BCUT2D eigenvalue weighted by molar-refractivity contribution is 7.09. The first kappa shape index (κ1) is 13.8. The van der Waals surface area contributed by atoms with Gasteiger partial charge in [-0.15, -0.1) is 11.3 Å². The number of anilines is 2. The van der Waals surface area contributed by atoms with E-state index in [-0.39, 0.29) is 5.54 Å². The van der Waals surface area contributed by atoms with Gasteiger partial charge in [0, 0.05) is 18.1 Å². The topological polar surface area (TPSA) is 49.8 Å². The fourth-order valence-electron chi connectivity index (χ4n) is 1.82. The molecule has 0 amide bonds. The Morgan fingerprint density at radius 2 is 2.05 bits per heavy atom. The van der Waals surface area contributed by atoms with Crippen LogP contribution in [0.2, 0.25) is 0 Å². The molecule has 0 aliphatic rings. The molecule has 0 bridgehead atoms. The van der Waals surface area contributed by atoms with Crippen molar-refractivity contribution in [3.63, 3.8) is 0 Å². The molecule has 102 valence electrons. The van der Waals surface area contributed by atoms with E-state index in [2.05, 4.69) is 47.4 Å². The zero-order chi connectivity index (χ0) is 13.7. The van der Waals surface area contributed by atoms with Gasteiger partial charge >= 0.3 is 0 Å². The fourth-order valence-corrected chi connectivity index (χ4v) is 2.54. The van der Waals surface area contributed by atoms with Crippen molar-refractivity contribution < 1.29 is 0 Å². The number of aromatic nitrogens is 2. The van der Waals surface area contributed by atoms with Crippen molar-refractivity contribution in [2.75, 3.05) is 17.2 Å². The van der Waals surface area contributed by atoms with Crippen LogP contribution in [-0.4, -0.2) is 16.5 Å². The highest BCUT2D eigenvalue weighted by Gasteiger charge is 2.23. The minimum Gasteiger partial charge on any atom is -0.384 e. The van der Waals surface area contributed by atoms with Gasteiger partial charge in [-0.1, -0.05) is 6.92 Å². The first-order valence-corrected chi connectivity index (χ1v) is 7.37. The Hall–Kier alpha value is -1.62. The van der Waals surface area contributed by atoms with E-state index in [0.717, 1.165) is 29.3 Å². The van der Waals surface area contributed by atoms with Gasteiger partial charge in [-0.25, -0.2) is 4.98 Å². The molecule has 2 aromatic heterocycles. The molecule has 0 radical (unpaired) electrons. The van der Waals surface area contributed by atoms with Gasteiger partial charge in [0.1, 0.15) is 5.01 Å². The summed E-state index contributed by atoms with van der Waals surface area (Å²) in [7, 11) is 0. The van der Waals surface area contributed by atoms with Crippen LogP contribution < -0.4 is 10.6 Å². The van der Waals surface area contributed by atoms with Crippen molar-refractivity contribution in [1.82, 2.24) is 9.97 Å². The highest BCUT2D eigenvalue weighted by Crippen LogP contribution is 2.27. The molecule has 2 rings (SSSR count). The first-order valence-electron chi connectivity index (χ1n) is 6.49. The summed E-state index contributed by atoms with van der Waals surface area (Å²) in [5.41, 5.74) is 1.85. The van der Waals surface area contributed by atoms with Gasteiger partial charge in [-0.05, 0) is 26.3 Å². The van der Waals surface area contributed by atoms with Gasteiger partial charge in [0.05, 0.1) is 29.3 Å². The molecular formula is C14H20N4S. The van der Waals surface area contributed by atoms with Crippen LogP contribution in [0.25, 0.3) is 0 Å². The van der Waals surface area contributed by atoms with E-state index in [0.29, 0.717) is 0 Å². The number of thiazole rings is 1. The summed E-state index contributed by atoms with van der Waals surface area (Å²) >= 11 is 1.66. The summed E-state index contributed by atoms with van der Waals surface area (Å²) in [4.78, 5) is 8.64. The number of pyridine rings is 1. The Kier molecular flexibility index (Phi) is 4.37. The SMILES string of the molecule is CCCNc1cncc(NC(C)(C)c2nccs2)c1. The van der Waals surface area contributed by atoms with Gasteiger partial charge in [0.15, 0.2) is 0 Å². The normalized spacial score (nSPS) is 11.3. The number of nitrogens with one attached hydrogen (secondary N) is 2. The summed E-state index contributed by atoms with van der Waals surface area (Å²) in [5, 5.41) is 9.89.